The lowest BCUT2D eigenvalue weighted by molar-refractivity contribution is 0.0965. The van der Waals surface area contributed by atoms with Gasteiger partial charge in [-0.1, -0.05) is 31.0 Å². The van der Waals surface area contributed by atoms with Gasteiger partial charge in [0.05, 0.1) is 10.6 Å². The highest BCUT2D eigenvalue weighted by molar-refractivity contribution is 7.21. The predicted octanol–water partition coefficient (Wildman–Crippen LogP) is 3.98. The van der Waals surface area contributed by atoms with Crippen LogP contribution in [0.15, 0.2) is 36.5 Å². The number of fused-ring (bicyclic) bond motifs is 1. The number of aromatic nitrogens is 2. The van der Waals surface area contributed by atoms with Gasteiger partial charge in [0.15, 0.2) is 0 Å². The zero-order valence-corrected chi connectivity index (χ0v) is 17.5. The first-order chi connectivity index (χ1) is 13.7. The van der Waals surface area contributed by atoms with Crippen molar-refractivity contribution in [1.82, 2.24) is 20.0 Å². The Kier molecular flexibility index (Phi) is 5.78. The molecule has 1 saturated heterocycles. The minimum atomic E-state index is 0.0306. The normalized spacial score (nSPS) is 18.3. The molecule has 1 aromatic carbocycles. The largest absolute Gasteiger partial charge is 0.354 e. The van der Waals surface area contributed by atoms with E-state index in [0.29, 0.717) is 6.04 Å². The molecule has 1 aliphatic heterocycles. The predicted molar refractivity (Wildman–Crippen MR) is 115 cm³/mol. The van der Waals surface area contributed by atoms with Crippen molar-refractivity contribution in [2.24, 2.45) is 7.05 Å². The van der Waals surface area contributed by atoms with Crippen LogP contribution in [0.2, 0.25) is 0 Å². The SMILES string of the molecule is CNC(=O)c1sc2ccccc2c1C[C@H]1CCCCCN1Cc1ccnn1C. The Labute approximate surface area is 170 Å². The van der Waals surface area contributed by atoms with Gasteiger partial charge >= 0.3 is 0 Å². The molecule has 3 heterocycles. The molecule has 0 spiro atoms. The van der Waals surface area contributed by atoms with E-state index in [2.05, 4.69) is 45.6 Å². The van der Waals surface area contributed by atoms with Crippen LogP contribution in [0.25, 0.3) is 10.1 Å². The number of carbonyl (C=O) groups excluding carboxylic acids is 1. The number of amides is 1. The Bertz CT molecular complexity index is 961. The molecule has 28 heavy (non-hydrogen) atoms. The minimum absolute atomic E-state index is 0.0306. The summed E-state index contributed by atoms with van der Waals surface area (Å²) in [6, 6.07) is 11.0. The maximum absolute atomic E-state index is 12.6. The Morgan fingerprint density at radius 1 is 1.25 bits per heavy atom. The maximum Gasteiger partial charge on any atom is 0.261 e. The van der Waals surface area contributed by atoms with E-state index in [9.17, 15) is 4.79 Å². The average Bonchev–Trinajstić information content (AvgIpc) is 3.20. The molecule has 0 radical (unpaired) electrons. The van der Waals surface area contributed by atoms with Crippen molar-refractivity contribution in [3.8, 4) is 0 Å². The molecule has 1 fully saturated rings. The van der Waals surface area contributed by atoms with Gasteiger partial charge in [-0.3, -0.25) is 14.4 Å². The standard InChI is InChI=1S/C22H28N4OS/c1-23-22(27)21-19(18-9-5-6-10-20(18)28-21)14-16-8-4-3-7-13-26(16)15-17-11-12-24-25(17)2/h5-6,9-12,16H,3-4,7-8,13-15H2,1-2H3,(H,23,27)/t16-/m1/s1. The van der Waals surface area contributed by atoms with E-state index in [4.69, 9.17) is 0 Å². The monoisotopic (exact) mass is 396 g/mol. The van der Waals surface area contributed by atoms with Gasteiger partial charge in [0, 0.05) is 37.6 Å². The molecule has 148 valence electrons. The summed E-state index contributed by atoms with van der Waals surface area (Å²) < 4.78 is 3.17. The van der Waals surface area contributed by atoms with Gasteiger partial charge in [-0.2, -0.15) is 5.10 Å². The van der Waals surface area contributed by atoms with Crippen molar-refractivity contribution in [3.63, 3.8) is 0 Å². The topological polar surface area (TPSA) is 50.2 Å². The highest BCUT2D eigenvalue weighted by atomic mass is 32.1. The zero-order chi connectivity index (χ0) is 19.5. The summed E-state index contributed by atoms with van der Waals surface area (Å²) in [6.45, 7) is 2.02. The third-order valence-corrected chi connectivity index (χ3v) is 7.07. The fourth-order valence-electron chi connectivity index (χ4n) is 4.27. The van der Waals surface area contributed by atoms with Crippen molar-refractivity contribution in [3.05, 3.63) is 52.7 Å². The number of nitrogens with zero attached hydrogens (tertiary/aromatic N) is 3. The van der Waals surface area contributed by atoms with Gasteiger partial charge < -0.3 is 5.32 Å². The van der Waals surface area contributed by atoms with Crippen LogP contribution in [0.4, 0.5) is 0 Å². The summed E-state index contributed by atoms with van der Waals surface area (Å²) in [7, 11) is 3.73. The van der Waals surface area contributed by atoms with Crippen LogP contribution in [-0.4, -0.2) is 40.2 Å². The number of rotatable bonds is 5. The van der Waals surface area contributed by atoms with E-state index in [1.165, 1.54) is 47.0 Å². The zero-order valence-electron chi connectivity index (χ0n) is 16.6. The molecule has 3 aromatic rings. The second-order valence-corrected chi connectivity index (χ2v) is 8.66. The van der Waals surface area contributed by atoms with Gasteiger partial charge in [0.1, 0.15) is 0 Å². The number of thiophene rings is 1. The first-order valence-electron chi connectivity index (χ1n) is 10.1. The molecule has 0 saturated carbocycles. The van der Waals surface area contributed by atoms with Gasteiger partial charge in [-0.05, 0) is 48.9 Å². The second-order valence-electron chi connectivity index (χ2n) is 7.61. The lowest BCUT2D eigenvalue weighted by atomic mass is 9.98. The summed E-state index contributed by atoms with van der Waals surface area (Å²) in [5.74, 6) is 0.0306. The Balaban J connectivity index is 1.67. The summed E-state index contributed by atoms with van der Waals surface area (Å²) in [5, 5.41) is 8.40. The van der Waals surface area contributed by atoms with Gasteiger partial charge in [0.2, 0.25) is 0 Å². The van der Waals surface area contributed by atoms with E-state index >= 15 is 0 Å². The quantitative estimate of drug-likeness (QED) is 0.710. The molecule has 1 N–H and O–H groups in total. The highest BCUT2D eigenvalue weighted by Crippen LogP contribution is 2.34. The van der Waals surface area contributed by atoms with E-state index in [1.807, 2.05) is 17.9 Å². The number of likely N-dealkylation sites (tertiary alicyclic amines) is 1. The van der Waals surface area contributed by atoms with Crippen LogP contribution in [-0.2, 0) is 20.0 Å². The maximum atomic E-state index is 12.6. The second kappa shape index (κ2) is 8.45. The van der Waals surface area contributed by atoms with Gasteiger partial charge in [-0.15, -0.1) is 11.3 Å². The van der Waals surface area contributed by atoms with Crippen molar-refractivity contribution in [2.45, 2.75) is 44.7 Å². The number of benzene rings is 1. The van der Waals surface area contributed by atoms with Crippen LogP contribution in [0.5, 0.6) is 0 Å². The molecule has 1 aliphatic rings. The number of nitrogens with one attached hydrogen (secondary N) is 1. The van der Waals surface area contributed by atoms with Crippen LogP contribution in [0.3, 0.4) is 0 Å². The van der Waals surface area contributed by atoms with Crippen LogP contribution in [0.1, 0.15) is 46.6 Å². The molecule has 1 atom stereocenters. The molecule has 0 aliphatic carbocycles. The molecule has 0 bridgehead atoms. The Morgan fingerprint density at radius 2 is 2.11 bits per heavy atom. The lowest BCUT2D eigenvalue weighted by Gasteiger charge is -2.30. The average molecular weight is 397 g/mol. The lowest BCUT2D eigenvalue weighted by Crippen LogP contribution is -2.37. The third kappa shape index (κ3) is 3.84. The van der Waals surface area contributed by atoms with Gasteiger partial charge in [-0.25, -0.2) is 0 Å². The fraction of sp³-hybridized carbons (Fsp3) is 0.455. The van der Waals surface area contributed by atoms with E-state index in [1.54, 1.807) is 18.4 Å². The first kappa shape index (κ1) is 19.2. The third-order valence-electron chi connectivity index (χ3n) is 5.86. The molecule has 1 amide bonds. The molecule has 0 unspecified atom stereocenters. The van der Waals surface area contributed by atoms with Crippen LogP contribution in [0, 0.1) is 0 Å². The fourth-order valence-corrected chi connectivity index (χ4v) is 5.45. The van der Waals surface area contributed by atoms with Crippen molar-refractivity contribution < 1.29 is 4.79 Å². The van der Waals surface area contributed by atoms with E-state index in [-0.39, 0.29) is 5.91 Å². The number of hydrogen-bond acceptors (Lipinski definition) is 4. The summed E-state index contributed by atoms with van der Waals surface area (Å²) in [6.07, 6.45) is 7.74. The molecule has 5 nitrogen and oxygen atoms in total. The van der Waals surface area contributed by atoms with Crippen molar-refractivity contribution in [1.29, 1.82) is 0 Å². The number of hydrogen-bond donors (Lipinski definition) is 1. The van der Waals surface area contributed by atoms with E-state index < -0.39 is 0 Å². The summed E-state index contributed by atoms with van der Waals surface area (Å²) in [4.78, 5) is 16.0. The molecule has 6 heteroatoms. The minimum Gasteiger partial charge on any atom is -0.354 e. The van der Waals surface area contributed by atoms with Gasteiger partial charge in [0.25, 0.3) is 5.91 Å². The van der Waals surface area contributed by atoms with Crippen LogP contribution >= 0.6 is 11.3 Å². The number of carbonyl (C=O) groups is 1. The smallest absolute Gasteiger partial charge is 0.261 e. The van der Waals surface area contributed by atoms with Crippen LogP contribution < -0.4 is 5.32 Å². The summed E-state index contributed by atoms with van der Waals surface area (Å²) >= 11 is 1.61. The molecular formula is C22H28N4OS. The summed E-state index contributed by atoms with van der Waals surface area (Å²) in [5.41, 5.74) is 2.45. The van der Waals surface area contributed by atoms with Crippen molar-refractivity contribution >= 4 is 27.3 Å². The molecular weight excluding hydrogens is 368 g/mol. The van der Waals surface area contributed by atoms with E-state index in [0.717, 1.165) is 24.4 Å². The Hall–Kier alpha value is -2.18. The van der Waals surface area contributed by atoms with Crippen molar-refractivity contribution in [2.75, 3.05) is 13.6 Å². The highest BCUT2D eigenvalue weighted by Gasteiger charge is 2.26. The number of aryl methyl sites for hydroxylation is 1. The molecule has 4 rings (SSSR count). The Morgan fingerprint density at radius 3 is 2.89 bits per heavy atom. The first-order valence-corrected chi connectivity index (χ1v) is 10.9. The molecule has 2 aromatic heterocycles.